The third-order valence-electron chi connectivity index (χ3n) is 3.47. The van der Waals surface area contributed by atoms with Crippen LogP contribution in [0.15, 0.2) is 18.7 Å². The van der Waals surface area contributed by atoms with E-state index in [2.05, 4.69) is 40.4 Å². The van der Waals surface area contributed by atoms with Gasteiger partial charge >= 0.3 is 10.4 Å². The molecule has 1 rings (SSSR count). The number of unbranched alkanes of at least 4 members (excludes halogenated alkanes) is 5. The van der Waals surface area contributed by atoms with Gasteiger partial charge in [-0.2, -0.15) is 8.42 Å². The average molecular weight is 382 g/mol. The van der Waals surface area contributed by atoms with Crippen molar-refractivity contribution in [1.82, 2.24) is 9.55 Å². The van der Waals surface area contributed by atoms with E-state index >= 15 is 0 Å². The first kappa shape index (κ1) is 26.2. The first-order chi connectivity index (χ1) is 11.9. The highest BCUT2D eigenvalue weighted by Gasteiger charge is 2.02. The molecule has 0 amide bonds. The first-order valence-electron chi connectivity index (χ1n) is 8.75. The summed E-state index contributed by atoms with van der Waals surface area (Å²) in [6.07, 6.45) is 14.5. The first-order valence-corrected chi connectivity index (χ1v) is 10.1. The Balaban J connectivity index is 0. The fourth-order valence-electron chi connectivity index (χ4n) is 2.14. The molecule has 0 bridgehead atoms. The second-order valence-corrected chi connectivity index (χ2v) is 6.76. The number of hydrogen-bond acceptors (Lipinski definition) is 6. The molecule has 1 aromatic rings. The molecule has 150 valence electrons. The Kier molecular flexibility index (Phi) is 18.7. The fourth-order valence-corrected chi connectivity index (χ4v) is 2.47. The van der Waals surface area contributed by atoms with Gasteiger partial charge in [0.15, 0.2) is 0 Å². The number of hydrogen-bond donors (Lipinski definition) is 3. The second-order valence-electron chi connectivity index (χ2n) is 5.67. The third kappa shape index (κ3) is 19.2. The van der Waals surface area contributed by atoms with Gasteiger partial charge in [0.05, 0.1) is 12.9 Å². The maximum Gasteiger partial charge on any atom is 0.397 e. The lowest BCUT2D eigenvalue weighted by molar-refractivity contribution is 0.261. The number of imidazole rings is 1. The molecule has 8 nitrogen and oxygen atoms in total. The highest BCUT2D eigenvalue weighted by molar-refractivity contribution is 7.80. The number of nitrogens with two attached hydrogens (primary N) is 1. The molecule has 1 atom stereocenters. The molecule has 1 heterocycles. The van der Waals surface area contributed by atoms with E-state index in [4.69, 9.17) is 9.76 Å². The Morgan fingerprint density at radius 1 is 1.12 bits per heavy atom. The van der Waals surface area contributed by atoms with E-state index in [-0.39, 0.29) is 6.61 Å². The van der Waals surface area contributed by atoms with Gasteiger partial charge in [0.25, 0.3) is 0 Å². The molecule has 1 unspecified atom stereocenters. The predicted molar refractivity (Wildman–Crippen MR) is 98.7 cm³/mol. The van der Waals surface area contributed by atoms with E-state index in [0.717, 1.165) is 12.8 Å². The summed E-state index contributed by atoms with van der Waals surface area (Å²) in [4.78, 5) is 3.99. The van der Waals surface area contributed by atoms with Gasteiger partial charge in [-0.1, -0.05) is 52.4 Å². The molecule has 9 heteroatoms. The van der Waals surface area contributed by atoms with Gasteiger partial charge in [0.2, 0.25) is 0 Å². The lowest BCUT2D eigenvalue weighted by Crippen LogP contribution is -2.04. The van der Waals surface area contributed by atoms with Crippen molar-refractivity contribution in [2.45, 2.75) is 78.2 Å². The molecular weight excluding hydrogens is 346 g/mol. The molecule has 0 fully saturated rings. The summed E-state index contributed by atoms with van der Waals surface area (Å²) in [7, 11) is -4.22. The summed E-state index contributed by atoms with van der Waals surface area (Å²) >= 11 is 0. The van der Waals surface area contributed by atoms with Gasteiger partial charge in [-0.25, -0.2) is 15.1 Å². The normalized spacial score (nSPS) is 11.8. The lowest BCUT2D eigenvalue weighted by Gasteiger charge is -2.10. The van der Waals surface area contributed by atoms with Gasteiger partial charge in [0, 0.05) is 18.4 Å². The number of rotatable bonds is 11. The van der Waals surface area contributed by atoms with Crippen LogP contribution in [0.1, 0.15) is 78.2 Å². The molecule has 0 saturated heterocycles. The van der Waals surface area contributed by atoms with Crippen LogP contribution in [0, 0.1) is 0 Å². The van der Waals surface area contributed by atoms with Crippen molar-refractivity contribution in [1.29, 1.82) is 0 Å². The van der Waals surface area contributed by atoms with Gasteiger partial charge in [-0.3, -0.25) is 4.55 Å². The zero-order valence-electron chi connectivity index (χ0n) is 15.7. The summed E-state index contributed by atoms with van der Waals surface area (Å²) in [5.74, 6) is 3.50. The van der Waals surface area contributed by atoms with Crippen molar-refractivity contribution in [3.05, 3.63) is 18.7 Å². The van der Waals surface area contributed by atoms with Gasteiger partial charge in [0.1, 0.15) is 0 Å². The standard InChI is InChI=1S/C8H14N2.C8H18O4S.H3NO/c1-3-4-8(2)10-6-5-9-7-10;1-2-3-4-5-6-7-8-12-13(9,10)11;1-2/h5-8H,3-4H2,1-2H3;2-8H2,1H3,(H,9,10,11);2H,1H2. The summed E-state index contributed by atoms with van der Waals surface area (Å²) in [6, 6.07) is 0.604. The predicted octanol–water partition coefficient (Wildman–Crippen LogP) is 3.74. The molecular formula is C16H35N3O5S. The Morgan fingerprint density at radius 2 is 1.72 bits per heavy atom. The maximum absolute atomic E-state index is 10.1. The van der Waals surface area contributed by atoms with Crippen LogP contribution in [-0.2, 0) is 14.6 Å². The van der Waals surface area contributed by atoms with Crippen LogP contribution in [0.2, 0.25) is 0 Å². The van der Waals surface area contributed by atoms with E-state index < -0.39 is 10.4 Å². The molecule has 0 spiro atoms. The highest BCUT2D eigenvalue weighted by Crippen LogP contribution is 2.10. The fraction of sp³-hybridized carbons (Fsp3) is 0.812. The maximum atomic E-state index is 10.1. The van der Waals surface area contributed by atoms with Crippen LogP contribution in [0.5, 0.6) is 0 Å². The molecule has 0 aliphatic carbocycles. The molecule has 0 radical (unpaired) electrons. The van der Waals surface area contributed by atoms with Crippen LogP contribution in [-0.4, -0.2) is 34.3 Å². The van der Waals surface area contributed by atoms with Crippen LogP contribution < -0.4 is 5.90 Å². The topological polar surface area (TPSA) is 128 Å². The Labute approximate surface area is 152 Å². The van der Waals surface area contributed by atoms with E-state index in [9.17, 15) is 8.42 Å². The van der Waals surface area contributed by atoms with Gasteiger partial charge < -0.3 is 9.77 Å². The zero-order valence-corrected chi connectivity index (χ0v) is 16.5. The molecule has 0 saturated carbocycles. The third-order valence-corrected chi connectivity index (χ3v) is 3.93. The Bertz CT molecular complexity index is 466. The van der Waals surface area contributed by atoms with Crippen molar-refractivity contribution >= 4 is 10.4 Å². The summed E-state index contributed by atoms with van der Waals surface area (Å²) in [6.45, 7) is 6.64. The largest absolute Gasteiger partial charge is 0.397 e. The zero-order chi connectivity index (χ0) is 19.6. The molecule has 25 heavy (non-hydrogen) atoms. The molecule has 1 aromatic heterocycles. The number of nitrogens with zero attached hydrogens (tertiary/aromatic N) is 2. The molecule has 0 aromatic carbocycles. The summed E-state index contributed by atoms with van der Waals surface area (Å²) in [5.41, 5.74) is 0. The minimum atomic E-state index is -4.22. The van der Waals surface area contributed by atoms with Crippen molar-refractivity contribution in [3.63, 3.8) is 0 Å². The summed E-state index contributed by atoms with van der Waals surface area (Å²) in [5, 5.41) is 6.50. The molecule has 0 aliphatic rings. The highest BCUT2D eigenvalue weighted by atomic mass is 32.3. The molecule has 4 N–H and O–H groups in total. The lowest BCUT2D eigenvalue weighted by atomic mass is 10.1. The average Bonchev–Trinajstić information content (AvgIpc) is 3.10. The minimum absolute atomic E-state index is 0.0883. The van der Waals surface area contributed by atoms with E-state index in [1.165, 1.54) is 32.1 Å². The SMILES string of the molecule is CCCC(C)n1ccnc1.CCCCCCCCOS(=O)(=O)O.NO. The second kappa shape index (κ2) is 17.8. The van der Waals surface area contributed by atoms with Crippen molar-refractivity contribution < 1.29 is 22.4 Å². The number of aromatic nitrogens is 2. The van der Waals surface area contributed by atoms with Crippen LogP contribution >= 0.6 is 0 Å². The monoisotopic (exact) mass is 381 g/mol. The van der Waals surface area contributed by atoms with Crippen molar-refractivity contribution in [2.75, 3.05) is 6.61 Å². The smallest absolute Gasteiger partial charge is 0.335 e. The molecule has 0 aliphatic heterocycles. The Hall–Kier alpha value is -1.00. The van der Waals surface area contributed by atoms with Gasteiger partial charge in [-0.15, -0.1) is 0 Å². The van der Waals surface area contributed by atoms with E-state index in [0.29, 0.717) is 12.5 Å². The summed E-state index contributed by atoms with van der Waals surface area (Å²) < 4.78 is 34.7. The van der Waals surface area contributed by atoms with Crippen LogP contribution in [0.25, 0.3) is 0 Å². The Morgan fingerprint density at radius 3 is 2.20 bits per heavy atom. The quantitative estimate of drug-likeness (QED) is 0.302. The van der Waals surface area contributed by atoms with E-state index in [1.54, 1.807) is 0 Å². The van der Waals surface area contributed by atoms with Gasteiger partial charge in [-0.05, 0) is 19.8 Å². The van der Waals surface area contributed by atoms with Crippen molar-refractivity contribution in [2.24, 2.45) is 5.90 Å². The van der Waals surface area contributed by atoms with Crippen molar-refractivity contribution in [3.8, 4) is 0 Å². The van der Waals surface area contributed by atoms with E-state index in [1.807, 2.05) is 18.7 Å². The van der Waals surface area contributed by atoms with Crippen LogP contribution in [0.3, 0.4) is 0 Å². The minimum Gasteiger partial charge on any atom is -0.335 e. The van der Waals surface area contributed by atoms with Crippen LogP contribution in [0.4, 0.5) is 0 Å².